The van der Waals surface area contributed by atoms with Crippen LogP contribution in [0.15, 0.2) is 54.6 Å². The third-order valence-corrected chi connectivity index (χ3v) is 7.32. The van der Waals surface area contributed by atoms with E-state index in [2.05, 4.69) is 44.1 Å². The van der Waals surface area contributed by atoms with Crippen molar-refractivity contribution >= 4 is 22.0 Å². The molecule has 0 bridgehead atoms. The molecule has 3 heterocycles. The number of nitrogens with zero attached hydrogens (tertiary/aromatic N) is 6. The van der Waals surface area contributed by atoms with Crippen LogP contribution in [0.2, 0.25) is 0 Å². The molecule has 1 saturated heterocycles. The average Bonchev–Trinajstić information content (AvgIpc) is 3.40. The molecule has 2 aromatic heterocycles. The second-order valence-electron chi connectivity index (χ2n) is 8.41. The summed E-state index contributed by atoms with van der Waals surface area (Å²) < 4.78 is 1.50. The van der Waals surface area contributed by atoms with Crippen molar-refractivity contribution < 1.29 is 10.0 Å². The molecule has 0 unspecified atom stereocenters. The molecule has 10 heteroatoms. The first-order valence-electron chi connectivity index (χ1n) is 11.4. The largest absolute Gasteiger partial charge is 0.492 e. The monoisotopic (exact) mass is 478 g/mol. The molecule has 2 aromatic carbocycles. The molecule has 1 fully saturated rings. The van der Waals surface area contributed by atoms with Crippen LogP contribution in [0.4, 0.5) is 5.69 Å². The highest BCUT2D eigenvalue weighted by molar-refractivity contribution is 7.17. The number of thiazole rings is 1. The molecule has 1 aliphatic heterocycles. The molecule has 0 radical (unpaired) electrons. The Bertz CT molecular complexity index is 1280. The highest BCUT2D eigenvalue weighted by Gasteiger charge is 2.32. The molecule has 1 atom stereocenters. The lowest BCUT2D eigenvalue weighted by molar-refractivity contribution is -0.384. The molecular weight excluding hydrogens is 452 g/mol. The van der Waals surface area contributed by atoms with Crippen LogP contribution in [0, 0.1) is 10.1 Å². The van der Waals surface area contributed by atoms with Gasteiger partial charge in [0.15, 0.2) is 5.82 Å². The van der Waals surface area contributed by atoms with Crippen molar-refractivity contribution in [3.63, 3.8) is 0 Å². The number of aromatic nitrogens is 3. The summed E-state index contributed by atoms with van der Waals surface area (Å²) in [5.41, 5.74) is 2.24. The fourth-order valence-corrected chi connectivity index (χ4v) is 5.58. The summed E-state index contributed by atoms with van der Waals surface area (Å²) in [7, 11) is 0. The summed E-state index contributed by atoms with van der Waals surface area (Å²) in [5.74, 6) is 0.775. The van der Waals surface area contributed by atoms with Gasteiger partial charge in [-0.05, 0) is 11.1 Å². The summed E-state index contributed by atoms with van der Waals surface area (Å²) in [4.78, 5) is 21.5. The number of aryl methyl sites for hydroxylation is 1. The van der Waals surface area contributed by atoms with Crippen molar-refractivity contribution in [2.45, 2.75) is 25.9 Å². The number of piperazine rings is 1. The highest BCUT2D eigenvalue weighted by Crippen LogP contribution is 2.40. The zero-order chi connectivity index (χ0) is 23.7. The average molecular weight is 479 g/mol. The first-order valence-corrected chi connectivity index (χ1v) is 12.2. The van der Waals surface area contributed by atoms with Crippen molar-refractivity contribution in [3.8, 4) is 5.88 Å². The van der Waals surface area contributed by atoms with Gasteiger partial charge in [-0.1, -0.05) is 60.7 Å². The van der Waals surface area contributed by atoms with E-state index in [9.17, 15) is 15.2 Å². The minimum atomic E-state index is -0.395. The van der Waals surface area contributed by atoms with Gasteiger partial charge in [0.05, 0.1) is 15.8 Å². The Morgan fingerprint density at radius 2 is 1.79 bits per heavy atom. The Hall–Kier alpha value is -3.34. The second kappa shape index (κ2) is 9.49. The second-order valence-corrected chi connectivity index (χ2v) is 9.42. The van der Waals surface area contributed by atoms with Gasteiger partial charge >= 0.3 is 0 Å². The van der Waals surface area contributed by atoms with Gasteiger partial charge < -0.3 is 5.11 Å². The van der Waals surface area contributed by atoms with E-state index >= 15 is 0 Å². The fraction of sp³-hybridized carbons (Fsp3) is 0.333. The van der Waals surface area contributed by atoms with E-state index in [4.69, 9.17) is 0 Å². The van der Waals surface area contributed by atoms with Crippen molar-refractivity contribution in [2.24, 2.45) is 0 Å². The van der Waals surface area contributed by atoms with E-state index in [1.807, 2.05) is 13.0 Å². The quantitative estimate of drug-likeness (QED) is 0.318. The summed E-state index contributed by atoms with van der Waals surface area (Å²) in [6.07, 6.45) is 0.693. The summed E-state index contributed by atoms with van der Waals surface area (Å²) >= 11 is 1.42. The molecular formula is C24H26N6O3S. The first kappa shape index (κ1) is 22.5. The molecule has 1 aliphatic rings. The minimum absolute atomic E-state index is 0.0506. The number of nitro groups is 1. The maximum Gasteiger partial charge on any atom is 0.269 e. The standard InChI is InChI=1S/C24H26N6O3S/c1-2-20-25-24-29(26-20)23(31)22(34-24)21(18-8-10-19(11-9-18)30(32)33)28-14-12-27(13-15-28)16-17-6-4-3-5-7-17/h3-11,21,31H,2,12-16H2,1H3/t21-/m0/s1. The Morgan fingerprint density at radius 1 is 1.09 bits per heavy atom. The Balaban J connectivity index is 1.43. The van der Waals surface area contributed by atoms with Crippen molar-refractivity contribution in [1.29, 1.82) is 0 Å². The van der Waals surface area contributed by atoms with Crippen LogP contribution in [-0.4, -0.2) is 60.6 Å². The number of hydrogen-bond acceptors (Lipinski definition) is 8. The van der Waals surface area contributed by atoms with Gasteiger partial charge in [-0.3, -0.25) is 19.9 Å². The van der Waals surface area contributed by atoms with Crippen molar-refractivity contribution in [2.75, 3.05) is 26.2 Å². The predicted molar refractivity (Wildman–Crippen MR) is 130 cm³/mol. The molecule has 9 nitrogen and oxygen atoms in total. The molecule has 1 N–H and O–H groups in total. The van der Waals surface area contributed by atoms with Crippen molar-refractivity contribution in [3.05, 3.63) is 86.5 Å². The van der Waals surface area contributed by atoms with Crippen LogP contribution in [0.5, 0.6) is 5.88 Å². The SMILES string of the molecule is CCc1nc2sc([C@H](c3ccc([N+](=O)[O-])cc3)N3CCN(Cc4ccccc4)CC3)c(O)n2n1. The van der Waals surface area contributed by atoms with E-state index in [0.29, 0.717) is 17.2 Å². The number of non-ortho nitro benzene ring substituents is 1. The Morgan fingerprint density at radius 3 is 2.41 bits per heavy atom. The normalized spacial score (nSPS) is 16.1. The Kier molecular flexibility index (Phi) is 6.27. The van der Waals surface area contributed by atoms with Gasteiger partial charge in [0, 0.05) is 51.3 Å². The van der Waals surface area contributed by atoms with Crippen LogP contribution in [0.3, 0.4) is 0 Å². The molecule has 4 aromatic rings. The van der Waals surface area contributed by atoms with Gasteiger partial charge in [0.25, 0.3) is 5.69 Å². The number of fused-ring (bicyclic) bond motifs is 1. The minimum Gasteiger partial charge on any atom is -0.492 e. The zero-order valence-electron chi connectivity index (χ0n) is 18.9. The van der Waals surface area contributed by atoms with Gasteiger partial charge in [-0.2, -0.15) is 4.52 Å². The van der Waals surface area contributed by atoms with E-state index in [-0.39, 0.29) is 17.6 Å². The van der Waals surface area contributed by atoms with E-state index < -0.39 is 4.92 Å². The maximum atomic E-state index is 11.2. The number of aromatic hydroxyl groups is 1. The molecule has 34 heavy (non-hydrogen) atoms. The van der Waals surface area contributed by atoms with Gasteiger partial charge in [0.2, 0.25) is 10.8 Å². The van der Waals surface area contributed by atoms with E-state index in [1.165, 1.54) is 33.5 Å². The lowest BCUT2D eigenvalue weighted by Gasteiger charge is -2.39. The highest BCUT2D eigenvalue weighted by atomic mass is 32.1. The third-order valence-electron chi connectivity index (χ3n) is 6.25. The van der Waals surface area contributed by atoms with Gasteiger partial charge in [-0.15, -0.1) is 5.10 Å². The summed E-state index contributed by atoms with van der Waals surface area (Å²) in [5, 5.41) is 26.7. The fourth-order valence-electron chi connectivity index (χ4n) is 4.45. The first-order chi connectivity index (χ1) is 16.5. The molecule has 176 valence electrons. The van der Waals surface area contributed by atoms with Gasteiger partial charge in [0.1, 0.15) is 0 Å². The maximum absolute atomic E-state index is 11.2. The lowest BCUT2D eigenvalue weighted by atomic mass is 10.0. The summed E-state index contributed by atoms with van der Waals surface area (Å²) in [6, 6.07) is 16.8. The smallest absolute Gasteiger partial charge is 0.269 e. The Labute approximate surface area is 201 Å². The van der Waals surface area contributed by atoms with Crippen LogP contribution in [0.25, 0.3) is 4.96 Å². The van der Waals surface area contributed by atoms with E-state index in [0.717, 1.165) is 43.2 Å². The van der Waals surface area contributed by atoms with Crippen LogP contribution in [-0.2, 0) is 13.0 Å². The topological polar surface area (TPSA) is 100 Å². The third kappa shape index (κ3) is 4.39. The number of nitro benzene ring substituents is 1. The van der Waals surface area contributed by atoms with Crippen LogP contribution < -0.4 is 0 Å². The lowest BCUT2D eigenvalue weighted by Crippen LogP contribution is -2.47. The summed E-state index contributed by atoms with van der Waals surface area (Å²) in [6.45, 7) is 6.27. The van der Waals surface area contributed by atoms with Crippen LogP contribution in [0.1, 0.15) is 34.8 Å². The van der Waals surface area contributed by atoms with Crippen LogP contribution >= 0.6 is 11.3 Å². The van der Waals surface area contributed by atoms with Gasteiger partial charge in [-0.25, -0.2) is 4.98 Å². The predicted octanol–water partition coefficient (Wildman–Crippen LogP) is 3.87. The molecule has 5 rings (SSSR count). The van der Waals surface area contributed by atoms with Crippen molar-refractivity contribution in [1.82, 2.24) is 24.4 Å². The zero-order valence-corrected chi connectivity index (χ0v) is 19.7. The number of benzene rings is 2. The number of rotatable bonds is 7. The molecule has 0 aliphatic carbocycles. The molecule has 0 saturated carbocycles. The molecule has 0 spiro atoms. The van der Waals surface area contributed by atoms with E-state index in [1.54, 1.807) is 12.1 Å². The number of hydrogen-bond donors (Lipinski definition) is 1. The molecule has 0 amide bonds.